The zero-order chi connectivity index (χ0) is 14.3. The van der Waals surface area contributed by atoms with Gasteiger partial charge in [0.15, 0.2) is 0 Å². The van der Waals surface area contributed by atoms with E-state index in [0.717, 1.165) is 40.2 Å². The third kappa shape index (κ3) is 2.35. The summed E-state index contributed by atoms with van der Waals surface area (Å²) in [7, 11) is 2.09. The molecule has 0 amide bonds. The third-order valence-electron chi connectivity index (χ3n) is 4.54. The van der Waals surface area contributed by atoms with E-state index in [1.54, 1.807) is 0 Å². The number of hydrogen-bond donors (Lipinski definition) is 2. The number of nitrogens with two attached hydrogens (primary N) is 1. The molecular formula is C15H23ClN2O. The molecule has 0 bridgehead atoms. The predicted molar refractivity (Wildman–Crippen MR) is 79.9 cm³/mol. The summed E-state index contributed by atoms with van der Waals surface area (Å²) in [4.78, 5) is 2.27. The van der Waals surface area contributed by atoms with Crippen LogP contribution in [-0.2, 0) is 0 Å². The summed E-state index contributed by atoms with van der Waals surface area (Å²) in [6.45, 7) is 7.54. The van der Waals surface area contributed by atoms with Crippen molar-refractivity contribution in [3.8, 4) is 5.75 Å². The van der Waals surface area contributed by atoms with Gasteiger partial charge in [0, 0.05) is 23.2 Å². The van der Waals surface area contributed by atoms with Crippen LogP contribution in [-0.4, -0.2) is 30.1 Å². The minimum Gasteiger partial charge on any atom is -0.507 e. The molecule has 4 heteroatoms. The number of hydrogen-bond acceptors (Lipinski definition) is 3. The summed E-state index contributed by atoms with van der Waals surface area (Å²) in [5.41, 5.74) is 9.61. The number of halogens is 1. The summed E-state index contributed by atoms with van der Waals surface area (Å²) in [5.74, 6) is 0.892. The first-order valence-corrected chi connectivity index (χ1v) is 7.14. The van der Waals surface area contributed by atoms with Crippen LogP contribution in [0.1, 0.15) is 34.7 Å². The highest BCUT2D eigenvalue weighted by Crippen LogP contribution is 2.44. The molecule has 3 N–H and O–H groups in total. The molecule has 2 atom stereocenters. The summed E-state index contributed by atoms with van der Waals surface area (Å²) in [6, 6.07) is 0.213. The summed E-state index contributed by atoms with van der Waals surface area (Å²) >= 11 is 6.40. The van der Waals surface area contributed by atoms with Crippen LogP contribution >= 0.6 is 11.6 Å². The molecule has 1 aromatic rings. The summed E-state index contributed by atoms with van der Waals surface area (Å²) < 4.78 is 0. The van der Waals surface area contributed by atoms with Gasteiger partial charge in [-0.05, 0) is 63.4 Å². The lowest BCUT2D eigenvalue weighted by molar-refractivity contribution is 0.304. The van der Waals surface area contributed by atoms with E-state index in [4.69, 9.17) is 17.3 Å². The minimum atomic E-state index is 0.213. The molecular weight excluding hydrogens is 260 g/mol. The summed E-state index contributed by atoms with van der Waals surface area (Å²) in [6.07, 6.45) is 0.986. The maximum Gasteiger partial charge on any atom is 0.123 e. The molecule has 1 aromatic carbocycles. The van der Waals surface area contributed by atoms with Crippen molar-refractivity contribution >= 4 is 11.6 Å². The smallest absolute Gasteiger partial charge is 0.123 e. The molecule has 1 aliphatic heterocycles. The van der Waals surface area contributed by atoms with Crippen LogP contribution in [0.25, 0.3) is 0 Å². The molecule has 1 fully saturated rings. The van der Waals surface area contributed by atoms with Gasteiger partial charge in [0.1, 0.15) is 5.75 Å². The fraction of sp³-hybridized carbons (Fsp3) is 0.600. The van der Waals surface area contributed by atoms with Gasteiger partial charge < -0.3 is 10.8 Å². The quantitative estimate of drug-likeness (QED) is 0.877. The van der Waals surface area contributed by atoms with Crippen LogP contribution in [0.2, 0.25) is 5.02 Å². The van der Waals surface area contributed by atoms with Crippen molar-refractivity contribution in [3.63, 3.8) is 0 Å². The Balaban J connectivity index is 2.52. The van der Waals surface area contributed by atoms with Gasteiger partial charge in [0.05, 0.1) is 0 Å². The standard InChI is InChI=1S/C15H23ClN2O/c1-8-9(2)15(19)13(10(3)14(8)16)12-5-11(6-17)7-18(12)4/h11-12,19H,5-7,17H2,1-4H3. The van der Waals surface area contributed by atoms with Gasteiger partial charge in [-0.3, -0.25) is 4.90 Å². The number of aromatic hydroxyl groups is 1. The Bertz CT molecular complexity index is 472. The second kappa shape index (κ2) is 5.31. The molecule has 0 aromatic heterocycles. The highest BCUT2D eigenvalue weighted by Gasteiger charge is 2.33. The first-order valence-electron chi connectivity index (χ1n) is 6.76. The Morgan fingerprint density at radius 2 is 1.89 bits per heavy atom. The van der Waals surface area contributed by atoms with E-state index in [2.05, 4.69) is 11.9 Å². The lowest BCUT2D eigenvalue weighted by Gasteiger charge is -2.25. The Morgan fingerprint density at radius 1 is 1.26 bits per heavy atom. The number of rotatable bonds is 2. The zero-order valence-electron chi connectivity index (χ0n) is 12.1. The number of likely N-dealkylation sites (tertiary alicyclic amines) is 1. The van der Waals surface area contributed by atoms with Gasteiger partial charge >= 0.3 is 0 Å². The predicted octanol–water partition coefficient (Wildman–Crippen LogP) is 2.92. The Hall–Kier alpha value is -0.770. The molecule has 0 saturated carbocycles. The molecule has 19 heavy (non-hydrogen) atoms. The number of phenols is 1. The summed E-state index contributed by atoms with van der Waals surface area (Å²) in [5, 5.41) is 11.3. The molecule has 106 valence electrons. The van der Waals surface area contributed by atoms with E-state index in [9.17, 15) is 5.11 Å². The van der Waals surface area contributed by atoms with Crippen LogP contribution in [0, 0.1) is 26.7 Å². The van der Waals surface area contributed by atoms with Crippen LogP contribution in [0.4, 0.5) is 0 Å². The van der Waals surface area contributed by atoms with Crippen molar-refractivity contribution < 1.29 is 5.11 Å². The zero-order valence-corrected chi connectivity index (χ0v) is 12.9. The van der Waals surface area contributed by atoms with Crippen LogP contribution in [0.3, 0.4) is 0 Å². The first kappa shape index (κ1) is 14.6. The Kier molecular flexibility index (Phi) is 4.09. The average molecular weight is 283 g/mol. The van der Waals surface area contributed by atoms with Crippen molar-refractivity contribution in [1.29, 1.82) is 0 Å². The molecule has 0 radical (unpaired) electrons. The van der Waals surface area contributed by atoms with Crippen molar-refractivity contribution in [3.05, 3.63) is 27.3 Å². The van der Waals surface area contributed by atoms with Gasteiger partial charge in [-0.25, -0.2) is 0 Å². The second-order valence-electron chi connectivity index (χ2n) is 5.74. The maximum atomic E-state index is 10.5. The Morgan fingerprint density at radius 3 is 2.42 bits per heavy atom. The molecule has 0 spiro atoms. The molecule has 1 saturated heterocycles. The monoisotopic (exact) mass is 282 g/mol. The highest BCUT2D eigenvalue weighted by atomic mass is 35.5. The Labute approximate surface area is 120 Å². The molecule has 1 heterocycles. The van der Waals surface area contributed by atoms with Gasteiger partial charge in [-0.2, -0.15) is 0 Å². The topological polar surface area (TPSA) is 49.5 Å². The van der Waals surface area contributed by atoms with Gasteiger partial charge in [-0.1, -0.05) is 11.6 Å². The number of nitrogens with zero attached hydrogens (tertiary/aromatic N) is 1. The third-order valence-corrected chi connectivity index (χ3v) is 5.10. The SMILES string of the molecule is Cc1c(C)c(Cl)c(C)c(C2CC(CN)CN2C)c1O. The fourth-order valence-electron chi connectivity index (χ4n) is 3.14. The van der Waals surface area contributed by atoms with E-state index in [1.165, 1.54) is 0 Å². The lowest BCUT2D eigenvalue weighted by atomic mass is 9.91. The van der Waals surface area contributed by atoms with E-state index < -0.39 is 0 Å². The average Bonchev–Trinajstić information content (AvgIpc) is 2.76. The van der Waals surface area contributed by atoms with Gasteiger partial charge in [0.25, 0.3) is 0 Å². The first-order chi connectivity index (χ1) is 8.88. The minimum absolute atomic E-state index is 0.213. The van der Waals surface area contributed by atoms with Crippen molar-refractivity contribution in [2.45, 2.75) is 33.2 Å². The second-order valence-corrected chi connectivity index (χ2v) is 6.12. The maximum absolute atomic E-state index is 10.5. The van der Waals surface area contributed by atoms with Crippen LogP contribution in [0.5, 0.6) is 5.75 Å². The fourth-order valence-corrected chi connectivity index (χ4v) is 3.39. The number of benzene rings is 1. The van der Waals surface area contributed by atoms with E-state index >= 15 is 0 Å². The van der Waals surface area contributed by atoms with Crippen molar-refractivity contribution in [1.82, 2.24) is 4.90 Å². The molecule has 2 unspecified atom stereocenters. The van der Waals surface area contributed by atoms with Crippen LogP contribution in [0.15, 0.2) is 0 Å². The van der Waals surface area contributed by atoms with Crippen LogP contribution < -0.4 is 5.73 Å². The van der Waals surface area contributed by atoms with Crippen molar-refractivity contribution in [2.75, 3.05) is 20.1 Å². The van der Waals surface area contributed by atoms with Gasteiger partial charge in [-0.15, -0.1) is 0 Å². The normalized spacial score (nSPS) is 24.1. The molecule has 3 nitrogen and oxygen atoms in total. The number of phenolic OH excluding ortho intramolecular Hbond substituents is 1. The van der Waals surface area contributed by atoms with E-state index in [-0.39, 0.29) is 6.04 Å². The lowest BCUT2D eigenvalue weighted by Crippen LogP contribution is -2.21. The van der Waals surface area contributed by atoms with E-state index in [0.29, 0.717) is 18.2 Å². The van der Waals surface area contributed by atoms with E-state index in [1.807, 2.05) is 20.8 Å². The highest BCUT2D eigenvalue weighted by molar-refractivity contribution is 6.32. The van der Waals surface area contributed by atoms with Crippen molar-refractivity contribution in [2.24, 2.45) is 11.7 Å². The van der Waals surface area contributed by atoms with Gasteiger partial charge in [0.2, 0.25) is 0 Å². The molecule has 0 aliphatic carbocycles. The molecule has 1 aliphatic rings. The largest absolute Gasteiger partial charge is 0.507 e. The molecule has 2 rings (SSSR count).